The Bertz CT molecular complexity index is 404. The summed E-state index contributed by atoms with van der Waals surface area (Å²) in [4.78, 5) is 11.0. The first-order valence-corrected chi connectivity index (χ1v) is 4.12. The summed E-state index contributed by atoms with van der Waals surface area (Å²) in [7, 11) is 0. The molecule has 1 heterocycles. The maximum Gasteiger partial charge on any atom is 0.224 e. The van der Waals surface area contributed by atoms with Crippen LogP contribution in [-0.4, -0.2) is 5.91 Å². The standard InChI is InChI=1S/C10H8N2O/c11-6-7-1-3-9-8(5-7)2-4-10(13)12-9/h1,3,5H,2,4H2,(H,12,13). The molecule has 0 radical (unpaired) electrons. The zero-order chi connectivity index (χ0) is 9.26. The summed E-state index contributed by atoms with van der Waals surface area (Å²) in [6, 6.07) is 7.40. The summed E-state index contributed by atoms with van der Waals surface area (Å²) in [5.74, 6) is 0.0530. The van der Waals surface area contributed by atoms with Crippen LogP contribution in [0.2, 0.25) is 0 Å². The number of rotatable bonds is 0. The Morgan fingerprint density at radius 1 is 1.38 bits per heavy atom. The molecule has 2 rings (SSSR count). The molecule has 0 saturated heterocycles. The number of anilines is 1. The summed E-state index contributed by atoms with van der Waals surface area (Å²) >= 11 is 0. The maximum absolute atomic E-state index is 11.0. The van der Waals surface area contributed by atoms with Crippen LogP contribution in [0.15, 0.2) is 18.2 Å². The van der Waals surface area contributed by atoms with Crippen LogP contribution in [0.25, 0.3) is 0 Å². The predicted octanol–water partition coefficient (Wildman–Crippen LogP) is 1.44. The zero-order valence-corrected chi connectivity index (χ0v) is 7.00. The van der Waals surface area contributed by atoms with Crippen molar-refractivity contribution in [1.29, 1.82) is 5.26 Å². The van der Waals surface area contributed by atoms with Gasteiger partial charge in [-0.1, -0.05) is 0 Å². The number of hydrogen-bond donors (Lipinski definition) is 1. The van der Waals surface area contributed by atoms with Crippen molar-refractivity contribution in [3.05, 3.63) is 29.3 Å². The van der Waals surface area contributed by atoms with Crippen LogP contribution in [0, 0.1) is 11.3 Å². The second-order valence-corrected chi connectivity index (χ2v) is 3.03. The minimum absolute atomic E-state index is 0.0530. The van der Waals surface area contributed by atoms with Gasteiger partial charge >= 0.3 is 0 Å². The topological polar surface area (TPSA) is 52.9 Å². The van der Waals surface area contributed by atoms with E-state index in [4.69, 9.17) is 5.26 Å². The lowest BCUT2D eigenvalue weighted by Gasteiger charge is -2.16. The summed E-state index contributed by atoms with van der Waals surface area (Å²) in [6.07, 6.45) is 1.25. The Morgan fingerprint density at radius 3 is 3.00 bits per heavy atom. The van der Waals surface area contributed by atoms with Gasteiger partial charge in [0.25, 0.3) is 0 Å². The molecule has 1 aromatic carbocycles. The molecule has 0 fully saturated rings. The number of nitrogens with zero attached hydrogens (tertiary/aromatic N) is 1. The van der Waals surface area contributed by atoms with Gasteiger partial charge in [-0.2, -0.15) is 5.26 Å². The smallest absolute Gasteiger partial charge is 0.224 e. The van der Waals surface area contributed by atoms with Gasteiger partial charge in [-0.05, 0) is 30.2 Å². The van der Waals surface area contributed by atoms with Gasteiger partial charge in [0.1, 0.15) is 0 Å². The van der Waals surface area contributed by atoms with Crippen molar-refractivity contribution in [2.45, 2.75) is 12.8 Å². The maximum atomic E-state index is 11.0. The van der Waals surface area contributed by atoms with Crippen LogP contribution in [0.3, 0.4) is 0 Å². The van der Waals surface area contributed by atoms with E-state index < -0.39 is 0 Å². The molecule has 0 atom stereocenters. The van der Waals surface area contributed by atoms with Crippen molar-refractivity contribution >= 4 is 11.6 Å². The van der Waals surface area contributed by atoms with Gasteiger partial charge in [0.2, 0.25) is 5.91 Å². The molecule has 0 aromatic heterocycles. The van der Waals surface area contributed by atoms with Crippen molar-refractivity contribution in [3.63, 3.8) is 0 Å². The summed E-state index contributed by atoms with van der Waals surface area (Å²) in [6.45, 7) is 0. The summed E-state index contributed by atoms with van der Waals surface area (Å²) in [5.41, 5.74) is 2.55. The number of carbonyl (C=O) groups excluding carboxylic acids is 1. The normalized spacial score (nSPS) is 14.2. The van der Waals surface area contributed by atoms with Gasteiger partial charge in [-0.25, -0.2) is 0 Å². The van der Waals surface area contributed by atoms with E-state index in [0.29, 0.717) is 12.0 Å². The lowest BCUT2D eigenvalue weighted by Crippen LogP contribution is -2.18. The lowest BCUT2D eigenvalue weighted by atomic mass is 10.0. The predicted molar refractivity (Wildman–Crippen MR) is 48.1 cm³/mol. The van der Waals surface area contributed by atoms with Crippen molar-refractivity contribution in [2.24, 2.45) is 0 Å². The fourth-order valence-corrected chi connectivity index (χ4v) is 1.45. The van der Waals surface area contributed by atoms with E-state index in [1.165, 1.54) is 0 Å². The number of carbonyl (C=O) groups is 1. The van der Waals surface area contributed by atoms with Gasteiger partial charge in [-0.3, -0.25) is 4.79 Å². The van der Waals surface area contributed by atoms with E-state index in [0.717, 1.165) is 17.7 Å². The molecule has 0 aliphatic carbocycles. The molecule has 1 amide bonds. The average Bonchev–Trinajstić information content (AvgIpc) is 2.17. The molecule has 0 spiro atoms. The van der Waals surface area contributed by atoms with Gasteiger partial charge < -0.3 is 5.32 Å². The number of nitrogens with one attached hydrogen (secondary N) is 1. The lowest BCUT2D eigenvalue weighted by molar-refractivity contribution is -0.116. The van der Waals surface area contributed by atoms with Crippen LogP contribution in [-0.2, 0) is 11.2 Å². The molecule has 1 N–H and O–H groups in total. The van der Waals surface area contributed by atoms with Gasteiger partial charge in [0.15, 0.2) is 0 Å². The molecule has 13 heavy (non-hydrogen) atoms. The quantitative estimate of drug-likeness (QED) is 0.643. The van der Waals surface area contributed by atoms with Crippen LogP contribution in [0.4, 0.5) is 5.69 Å². The molecule has 0 unspecified atom stereocenters. The number of benzene rings is 1. The monoisotopic (exact) mass is 172 g/mol. The SMILES string of the molecule is N#Cc1ccc2c(c1)CCC(=O)N2. The Kier molecular flexibility index (Phi) is 1.75. The van der Waals surface area contributed by atoms with E-state index in [1.807, 2.05) is 6.07 Å². The molecular weight excluding hydrogens is 164 g/mol. The highest BCUT2D eigenvalue weighted by atomic mass is 16.1. The fraction of sp³-hybridized carbons (Fsp3) is 0.200. The third-order valence-corrected chi connectivity index (χ3v) is 2.13. The minimum Gasteiger partial charge on any atom is -0.326 e. The van der Waals surface area contributed by atoms with Crippen molar-refractivity contribution in [2.75, 3.05) is 5.32 Å². The number of aryl methyl sites for hydroxylation is 1. The molecule has 0 saturated carbocycles. The largest absolute Gasteiger partial charge is 0.326 e. The minimum atomic E-state index is 0.0530. The molecule has 1 aliphatic rings. The highest BCUT2D eigenvalue weighted by Gasteiger charge is 2.14. The van der Waals surface area contributed by atoms with Crippen molar-refractivity contribution in [1.82, 2.24) is 0 Å². The van der Waals surface area contributed by atoms with Crippen LogP contribution in [0.1, 0.15) is 17.5 Å². The third-order valence-electron chi connectivity index (χ3n) is 2.13. The highest BCUT2D eigenvalue weighted by molar-refractivity contribution is 5.93. The number of nitriles is 1. The summed E-state index contributed by atoms with van der Waals surface area (Å²) in [5, 5.41) is 11.4. The van der Waals surface area contributed by atoms with E-state index in [2.05, 4.69) is 11.4 Å². The second kappa shape index (κ2) is 2.91. The first-order valence-electron chi connectivity index (χ1n) is 4.12. The molecule has 3 heteroatoms. The summed E-state index contributed by atoms with van der Waals surface area (Å²) < 4.78 is 0. The molecular formula is C10H8N2O. The number of hydrogen-bond acceptors (Lipinski definition) is 2. The first kappa shape index (κ1) is 7.81. The molecule has 1 aliphatic heterocycles. The first-order chi connectivity index (χ1) is 6.29. The highest BCUT2D eigenvalue weighted by Crippen LogP contribution is 2.22. The molecule has 0 bridgehead atoms. The third kappa shape index (κ3) is 1.38. The van der Waals surface area contributed by atoms with Crippen molar-refractivity contribution in [3.8, 4) is 6.07 Å². The van der Waals surface area contributed by atoms with E-state index in [-0.39, 0.29) is 5.91 Å². The Hall–Kier alpha value is -1.82. The zero-order valence-electron chi connectivity index (χ0n) is 7.00. The van der Waals surface area contributed by atoms with Crippen molar-refractivity contribution < 1.29 is 4.79 Å². The Labute approximate surface area is 76.0 Å². The van der Waals surface area contributed by atoms with E-state index >= 15 is 0 Å². The molecule has 3 nitrogen and oxygen atoms in total. The van der Waals surface area contributed by atoms with Gasteiger partial charge in [0.05, 0.1) is 11.6 Å². The average molecular weight is 172 g/mol. The van der Waals surface area contributed by atoms with E-state index in [9.17, 15) is 4.79 Å². The number of amides is 1. The van der Waals surface area contributed by atoms with E-state index in [1.54, 1.807) is 12.1 Å². The Morgan fingerprint density at radius 2 is 2.23 bits per heavy atom. The molecule has 1 aromatic rings. The van der Waals surface area contributed by atoms with Crippen LogP contribution in [0.5, 0.6) is 0 Å². The van der Waals surface area contributed by atoms with Crippen LogP contribution >= 0.6 is 0 Å². The van der Waals surface area contributed by atoms with Gasteiger partial charge in [-0.15, -0.1) is 0 Å². The second-order valence-electron chi connectivity index (χ2n) is 3.03. The number of fused-ring (bicyclic) bond motifs is 1. The van der Waals surface area contributed by atoms with Crippen LogP contribution < -0.4 is 5.32 Å². The Balaban J connectivity index is 2.43. The molecule has 64 valence electrons. The fourth-order valence-electron chi connectivity index (χ4n) is 1.45. The van der Waals surface area contributed by atoms with Gasteiger partial charge in [0, 0.05) is 12.1 Å².